The number of aromatic nitrogens is 2. The zero-order valence-electron chi connectivity index (χ0n) is 14.3. The third-order valence-corrected chi connectivity index (χ3v) is 7.13. The van der Waals surface area contributed by atoms with Crippen LogP contribution in [0.5, 0.6) is 0 Å². The highest BCUT2D eigenvalue weighted by Gasteiger charge is 2.46. The third kappa shape index (κ3) is 2.91. The van der Waals surface area contributed by atoms with Crippen molar-refractivity contribution < 1.29 is 4.74 Å². The molecule has 0 amide bonds. The molecule has 3 unspecified atom stereocenters. The summed E-state index contributed by atoms with van der Waals surface area (Å²) in [5.74, 6) is 0.642. The fourth-order valence-corrected chi connectivity index (χ4v) is 5.83. The molecular weight excluding hydrogens is 354 g/mol. The van der Waals surface area contributed by atoms with Crippen LogP contribution in [0.15, 0.2) is 18.5 Å². The summed E-state index contributed by atoms with van der Waals surface area (Å²) < 4.78 is 7.27. The van der Waals surface area contributed by atoms with Crippen LogP contribution in [0, 0.1) is 0 Å². The molecule has 1 spiro atoms. The second-order valence-corrected chi connectivity index (χ2v) is 9.35. The summed E-state index contributed by atoms with van der Waals surface area (Å²) in [4.78, 5) is 10.7. The SMILES string of the molecule is CC1CC2(CC(c3cnc(C4CC4)cn3)N1)OCCc1cc(Cl)sc12. The predicted molar refractivity (Wildman–Crippen MR) is 99.2 cm³/mol. The molecule has 132 valence electrons. The van der Waals surface area contributed by atoms with Crippen LogP contribution in [0.3, 0.4) is 0 Å². The summed E-state index contributed by atoms with van der Waals surface area (Å²) in [7, 11) is 0. The summed E-state index contributed by atoms with van der Waals surface area (Å²) in [6.45, 7) is 3.00. The molecule has 0 bridgehead atoms. The molecule has 2 aliphatic heterocycles. The van der Waals surface area contributed by atoms with Gasteiger partial charge in [0, 0.05) is 29.5 Å². The molecule has 0 aromatic carbocycles. The Morgan fingerprint density at radius 3 is 2.80 bits per heavy atom. The maximum atomic E-state index is 6.40. The van der Waals surface area contributed by atoms with Crippen LogP contribution < -0.4 is 5.32 Å². The standard InChI is InChI=1S/C19H22ClN3OS/c1-11-7-19(18-13(4-5-24-19)6-17(20)25-18)8-14(23-11)16-10-21-15(9-22-16)12-2-3-12/h6,9-12,14,23H,2-5,7-8H2,1H3. The van der Waals surface area contributed by atoms with Crippen LogP contribution in [0.25, 0.3) is 0 Å². The van der Waals surface area contributed by atoms with Crippen molar-refractivity contribution in [3.05, 3.63) is 44.6 Å². The summed E-state index contributed by atoms with van der Waals surface area (Å²) in [5, 5.41) is 3.70. The molecular formula is C19H22ClN3OS. The Kier molecular flexibility index (Phi) is 3.89. The largest absolute Gasteiger partial charge is 0.369 e. The Morgan fingerprint density at radius 2 is 2.04 bits per heavy atom. The number of nitrogens with zero attached hydrogens (tertiary/aromatic N) is 2. The van der Waals surface area contributed by atoms with E-state index in [0.29, 0.717) is 12.0 Å². The van der Waals surface area contributed by atoms with Crippen molar-refractivity contribution >= 4 is 22.9 Å². The van der Waals surface area contributed by atoms with E-state index < -0.39 is 0 Å². The molecule has 1 saturated heterocycles. The average Bonchev–Trinajstić information content (AvgIpc) is 3.37. The van der Waals surface area contributed by atoms with Gasteiger partial charge in [-0.15, -0.1) is 11.3 Å². The number of hydrogen-bond acceptors (Lipinski definition) is 5. The minimum absolute atomic E-state index is 0.163. The lowest BCUT2D eigenvalue weighted by atomic mass is 9.79. The number of nitrogens with one attached hydrogen (secondary N) is 1. The van der Waals surface area contributed by atoms with Crippen LogP contribution in [0.4, 0.5) is 0 Å². The van der Waals surface area contributed by atoms with Gasteiger partial charge in [0.2, 0.25) is 0 Å². The zero-order chi connectivity index (χ0) is 17.0. The summed E-state index contributed by atoms with van der Waals surface area (Å²) >= 11 is 8.01. The third-order valence-electron chi connectivity index (χ3n) is 5.64. The molecule has 3 atom stereocenters. The van der Waals surface area contributed by atoms with E-state index in [0.717, 1.165) is 41.6 Å². The summed E-state index contributed by atoms with van der Waals surface area (Å²) in [6, 6.07) is 2.64. The Hall–Kier alpha value is -1.01. The number of fused-ring (bicyclic) bond motifs is 2. The first-order chi connectivity index (χ1) is 12.1. The average molecular weight is 376 g/mol. The van der Waals surface area contributed by atoms with Crippen LogP contribution in [-0.4, -0.2) is 22.6 Å². The lowest BCUT2D eigenvalue weighted by Gasteiger charge is -2.45. The second-order valence-electron chi connectivity index (χ2n) is 7.67. The van der Waals surface area contributed by atoms with Gasteiger partial charge in [0.15, 0.2) is 0 Å². The molecule has 2 aromatic heterocycles. The van der Waals surface area contributed by atoms with E-state index in [1.807, 2.05) is 12.4 Å². The summed E-state index contributed by atoms with van der Waals surface area (Å²) in [5.41, 5.74) is 3.29. The van der Waals surface area contributed by atoms with Crippen LogP contribution in [-0.2, 0) is 16.8 Å². The fourth-order valence-electron chi connectivity index (χ4n) is 4.37. The number of piperidine rings is 1. The van der Waals surface area contributed by atoms with Gasteiger partial charge in [0.1, 0.15) is 5.60 Å². The van der Waals surface area contributed by atoms with Crippen molar-refractivity contribution in [1.29, 1.82) is 0 Å². The van der Waals surface area contributed by atoms with E-state index in [1.165, 1.54) is 23.3 Å². The minimum Gasteiger partial charge on any atom is -0.369 e. The molecule has 1 saturated carbocycles. The van der Waals surface area contributed by atoms with Gasteiger partial charge in [-0.05, 0) is 44.2 Å². The number of ether oxygens (including phenoxy) is 1. The fraction of sp³-hybridized carbons (Fsp3) is 0.579. The molecule has 0 radical (unpaired) electrons. The Bertz CT molecular complexity index is 788. The quantitative estimate of drug-likeness (QED) is 0.847. The molecule has 2 fully saturated rings. The highest BCUT2D eigenvalue weighted by molar-refractivity contribution is 7.16. The second kappa shape index (κ2) is 6.02. The monoisotopic (exact) mass is 375 g/mol. The molecule has 5 rings (SSSR count). The van der Waals surface area contributed by atoms with E-state index in [9.17, 15) is 0 Å². The number of thiophene rings is 1. The van der Waals surface area contributed by atoms with Crippen molar-refractivity contribution in [3.63, 3.8) is 0 Å². The number of hydrogen-bond donors (Lipinski definition) is 1. The first-order valence-corrected chi connectivity index (χ1v) is 10.3. The van der Waals surface area contributed by atoms with Crippen molar-refractivity contribution in [2.75, 3.05) is 6.61 Å². The van der Waals surface area contributed by atoms with Gasteiger partial charge >= 0.3 is 0 Å². The Labute approximate surface area is 157 Å². The van der Waals surface area contributed by atoms with E-state index in [2.05, 4.69) is 23.3 Å². The Balaban J connectivity index is 1.47. The first-order valence-electron chi connectivity index (χ1n) is 9.13. The number of rotatable bonds is 2. The van der Waals surface area contributed by atoms with Gasteiger partial charge in [-0.3, -0.25) is 9.97 Å². The van der Waals surface area contributed by atoms with E-state index >= 15 is 0 Å². The van der Waals surface area contributed by atoms with E-state index in [-0.39, 0.29) is 11.6 Å². The predicted octanol–water partition coefficient (Wildman–Crippen LogP) is 4.35. The van der Waals surface area contributed by atoms with E-state index in [4.69, 9.17) is 21.3 Å². The first kappa shape index (κ1) is 16.2. The highest BCUT2D eigenvalue weighted by Crippen LogP contribution is 2.49. The van der Waals surface area contributed by atoms with Crippen LogP contribution >= 0.6 is 22.9 Å². The molecule has 3 aliphatic rings. The van der Waals surface area contributed by atoms with Gasteiger partial charge in [-0.2, -0.15) is 0 Å². The molecule has 4 heterocycles. The minimum atomic E-state index is -0.239. The van der Waals surface area contributed by atoms with Crippen molar-refractivity contribution in [1.82, 2.24) is 15.3 Å². The smallest absolute Gasteiger partial charge is 0.106 e. The number of halogens is 1. The van der Waals surface area contributed by atoms with Gasteiger partial charge < -0.3 is 10.1 Å². The molecule has 6 heteroatoms. The maximum absolute atomic E-state index is 6.40. The lowest BCUT2D eigenvalue weighted by Crippen LogP contribution is -2.49. The maximum Gasteiger partial charge on any atom is 0.106 e. The lowest BCUT2D eigenvalue weighted by molar-refractivity contribution is -0.0958. The molecule has 2 aromatic rings. The summed E-state index contributed by atoms with van der Waals surface area (Å²) in [6.07, 6.45) is 9.26. The molecule has 1 N–H and O–H groups in total. The topological polar surface area (TPSA) is 47.0 Å². The van der Waals surface area contributed by atoms with Crippen molar-refractivity contribution in [2.45, 2.75) is 62.6 Å². The normalized spacial score (nSPS) is 31.9. The zero-order valence-corrected chi connectivity index (χ0v) is 15.9. The van der Waals surface area contributed by atoms with Crippen LogP contribution in [0.1, 0.15) is 66.4 Å². The van der Waals surface area contributed by atoms with Gasteiger partial charge in [-0.1, -0.05) is 11.6 Å². The van der Waals surface area contributed by atoms with E-state index in [1.54, 1.807) is 11.3 Å². The molecule has 4 nitrogen and oxygen atoms in total. The molecule has 1 aliphatic carbocycles. The van der Waals surface area contributed by atoms with Crippen LogP contribution in [0.2, 0.25) is 4.34 Å². The van der Waals surface area contributed by atoms with Crippen molar-refractivity contribution in [3.8, 4) is 0 Å². The Morgan fingerprint density at radius 1 is 1.24 bits per heavy atom. The van der Waals surface area contributed by atoms with Gasteiger partial charge in [0.05, 0.1) is 34.6 Å². The van der Waals surface area contributed by atoms with Gasteiger partial charge in [-0.25, -0.2) is 0 Å². The van der Waals surface area contributed by atoms with Crippen molar-refractivity contribution in [2.24, 2.45) is 0 Å². The highest BCUT2D eigenvalue weighted by atomic mass is 35.5. The van der Waals surface area contributed by atoms with Gasteiger partial charge in [0.25, 0.3) is 0 Å². The molecule has 25 heavy (non-hydrogen) atoms.